The second-order valence-electron chi connectivity index (χ2n) is 3.71. The second kappa shape index (κ2) is 5.02. The van der Waals surface area contributed by atoms with E-state index < -0.39 is 5.82 Å². The highest BCUT2D eigenvalue weighted by Gasteiger charge is 2.13. The highest BCUT2D eigenvalue weighted by atomic mass is 19.1. The van der Waals surface area contributed by atoms with Crippen LogP contribution in [-0.4, -0.2) is 29.7 Å². The number of halogens is 1. The van der Waals surface area contributed by atoms with Gasteiger partial charge in [-0.1, -0.05) is 0 Å². The minimum Gasteiger partial charge on any atom is -0.463 e. The molecule has 82 valence electrons. The molecule has 0 saturated carbocycles. The Balaban J connectivity index is 1.79. The van der Waals surface area contributed by atoms with E-state index in [9.17, 15) is 4.39 Å². The molecule has 0 bridgehead atoms. The molecule has 5 heteroatoms. The van der Waals surface area contributed by atoms with Gasteiger partial charge < -0.3 is 10.1 Å². The molecule has 1 fully saturated rings. The van der Waals surface area contributed by atoms with Crippen LogP contribution in [0.2, 0.25) is 0 Å². The van der Waals surface area contributed by atoms with Crippen molar-refractivity contribution in [1.29, 1.82) is 0 Å². The number of ether oxygens (including phenoxy) is 1. The van der Waals surface area contributed by atoms with Crippen molar-refractivity contribution in [3.63, 3.8) is 0 Å². The first-order chi connectivity index (χ1) is 7.34. The molecule has 0 unspecified atom stereocenters. The van der Waals surface area contributed by atoms with Crippen molar-refractivity contribution in [2.45, 2.75) is 12.8 Å². The fourth-order valence-corrected chi connectivity index (χ4v) is 1.63. The summed E-state index contributed by atoms with van der Waals surface area (Å²) in [4.78, 5) is 7.47. The van der Waals surface area contributed by atoms with Crippen molar-refractivity contribution in [2.24, 2.45) is 5.92 Å². The van der Waals surface area contributed by atoms with Crippen LogP contribution >= 0.6 is 0 Å². The number of nitrogens with one attached hydrogen (secondary N) is 1. The predicted molar refractivity (Wildman–Crippen MR) is 53.1 cm³/mol. The molecule has 4 nitrogen and oxygen atoms in total. The van der Waals surface area contributed by atoms with Crippen LogP contribution in [0.4, 0.5) is 4.39 Å². The quantitative estimate of drug-likeness (QED) is 0.810. The van der Waals surface area contributed by atoms with E-state index in [1.165, 1.54) is 6.42 Å². The molecular formula is C10H14FN3O. The summed E-state index contributed by atoms with van der Waals surface area (Å²) in [5.41, 5.74) is 0. The van der Waals surface area contributed by atoms with E-state index in [1.54, 1.807) is 0 Å². The summed E-state index contributed by atoms with van der Waals surface area (Å²) in [6.07, 6.45) is 4.56. The van der Waals surface area contributed by atoms with Crippen LogP contribution in [-0.2, 0) is 0 Å². The van der Waals surface area contributed by atoms with Gasteiger partial charge in [-0.05, 0) is 19.4 Å². The Kier molecular flexibility index (Phi) is 3.45. The van der Waals surface area contributed by atoms with Gasteiger partial charge in [0.15, 0.2) is 5.82 Å². The molecular weight excluding hydrogens is 197 g/mol. The zero-order chi connectivity index (χ0) is 10.5. The monoisotopic (exact) mass is 211 g/mol. The Morgan fingerprint density at radius 2 is 2.27 bits per heavy atom. The molecule has 1 aromatic heterocycles. The molecule has 1 N–H and O–H groups in total. The molecule has 15 heavy (non-hydrogen) atoms. The topological polar surface area (TPSA) is 47.0 Å². The van der Waals surface area contributed by atoms with Gasteiger partial charge in [-0.3, -0.25) is 0 Å². The van der Waals surface area contributed by atoms with Crippen molar-refractivity contribution >= 4 is 0 Å². The molecule has 1 aliphatic rings. The zero-order valence-corrected chi connectivity index (χ0v) is 8.45. The summed E-state index contributed by atoms with van der Waals surface area (Å²) in [7, 11) is 0. The van der Waals surface area contributed by atoms with Gasteiger partial charge in [-0.15, -0.1) is 0 Å². The Labute approximate surface area is 87.9 Å². The summed E-state index contributed by atoms with van der Waals surface area (Å²) in [5.74, 6) is 0.0640. The molecule has 2 heterocycles. The van der Waals surface area contributed by atoms with E-state index in [4.69, 9.17) is 4.74 Å². The van der Waals surface area contributed by atoms with Crippen molar-refractivity contribution in [1.82, 2.24) is 15.3 Å². The second-order valence-corrected chi connectivity index (χ2v) is 3.71. The van der Waals surface area contributed by atoms with Crippen LogP contribution < -0.4 is 10.1 Å². The number of aromatic nitrogens is 2. The Bertz CT molecular complexity index is 298. The summed E-state index contributed by atoms with van der Waals surface area (Å²) in [6.45, 7) is 2.66. The molecule has 1 aliphatic heterocycles. The molecule has 0 amide bonds. The van der Waals surface area contributed by atoms with Crippen molar-refractivity contribution in [2.75, 3.05) is 19.7 Å². The molecule has 0 aliphatic carbocycles. The van der Waals surface area contributed by atoms with Gasteiger partial charge >= 0.3 is 6.01 Å². The minimum absolute atomic E-state index is 0.252. The molecule has 0 aromatic carbocycles. The summed E-state index contributed by atoms with van der Waals surface area (Å²) in [6, 6.07) is 0.252. The highest BCUT2D eigenvalue weighted by molar-refractivity contribution is 4.95. The molecule has 1 aromatic rings. The third-order valence-corrected chi connectivity index (χ3v) is 2.44. The fraction of sp³-hybridized carbons (Fsp3) is 0.600. The van der Waals surface area contributed by atoms with E-state index in [1.807, 2.05) is 0 Å². The van der Waals surface area contributed by atoms with Gasteiger partial charge in [-0.2, -0.15) is 0 Å². The summed E-state index contributed by atoms with van der Waals surface area (Å²) >= 11 is 0. The van der Waals surface area contributed by atoms with Gasteiger partial charge in [0.2, 0.25) is 0 Å². The predicted octanol–water partition coefficient (Wildman–Crippen LogP) is 0.994. The Morgan fingerprint density at radius 1 is 1.47 bits per heavy atom. The number of hydrogen-bond donors (Lipinski definition) is 1. The van der Waals surface area contributed by atoms with Crippen LogP contribution in [0, 0.1) is 11.7 Å². The van der Waals surface area contributed by atoms with Crippen LogP contribution in [0.5, 0.6) is 6.01 Å². The standard InChI is InChI=1S/C10H14FN3O/c11-9-5-13-10(14-6-9)15-7-8-2-1-3-12-4-8/h5-6,8,12H,1-4,7H2/t8-/m1/s1. The third kappa shape index (κ3) is 3.13. The van der Waals surface area contributed by atoms with Gasteiger partial charge in [-0.25, -0.2) is 14.4 Å². The van der Waals surface area contributed by atoms with E-state index in [0.29, 0.717) is 12.5 Å². The lowest BCUT2D eigenvalue weighted by Gasteiger charge is -2.22. The maximum Gasteiger partial charge on any atom is 0.316 e. The fourth-order valence-electron chi connectivity index (χ4n) is 1.63. The largest absolute Gasteiger partial charge is 0.463 e. The van der Waals surface area contributed by atoms with E-state index in [-0.39, 0.29) is 6.01 Å². The normalized spacial score (nSPS) is 21.3. The Hall–Kier alpha value is -1.23. The van der Waals surface area contributed by atoms with Crippen molar-refractivity contribution in [3.8, 4) is 6.01 Å². The lowest BCUT2D eigenvalue weighted by molar-refractivity contribution is 0.204. The van der Waals surface area contributed by atoms with E-state index in [2.05, 4.69) is 15.3 Å². The number of hydrogen-bond acceptors (Lipinski definition) is 4. The number of piperidine rings is 1. The maximum absolute atomic E-state index is 12.5. The van der Waals surface area contributed by atoms with Gasteiger partial charge in [0.25, 0.3) is 0 Å². The van der Waals surface area contributed by atoms with Gasteiger partial charge in [0, 0.05) is 12.5 Å². The molecule has 0 spiro atoms. The molecule has 1 atom stereocenters. The number of nitrogens with zero attached hydrogens (tertiary/aromatic N) is 2. The van der Waals surface area contributed by atoms with E-state index >= 15 is 0 Å². The minimum atomic E-state index is -0.443. The molecule has 1 saturated heterocycles. The van der Waals surface area contributed by atoms with Crippen LogP contribution in [0.1, 0.15) is 12.8 Å². The SMILES string of the molecule is Fc1cnc(OC[C@@H]2CCCNC2)nc1. The van der Waals surface area contributed by atoms with Crippen molar-refractivity contribution in [3.05, 3.63) is 18.2 Å². The van der Waals surface area contributed by atoms with Crippen LogP contribution in [0.25, 0.3) is 0 Å². The third-order valence-electron chi connectivity index (χ3n) is 2.44. The zero-order valence-electron chi connectivity index (χ0n) is 8.45. The maximum atomic E-state index is 12.5. The average molecular weight is 211 g/mol. The Morgan fingerprint density at radius 3 is 2.93 bits per heavy atom. The van der Waals surface area contributed by atoms with Crippen molar-refractivity contribution < 1.29 is 9.13 Å². The first-order valence-corrected chi connectivity index (χ1v) is 5.15. The first-order valence-electron chi connectivity index (χ1n) is 5.15. The average Bonchev–Trinajstić information content (AvgIpc) is 2.30. The van der Waals surface area contributed by atoms with Crippen LogP contribution in [0.3, 0.4) is 0 Å². The number of rotatable bonds is 3. The lowest BCUT2D eigenvalue weighted by Crippen LogP contribution is -2.33. The van der Waals surface area contributed by atoms with Crippen LogP contribution in [0.15, 0.2) is 12.4 Å². The summed E-state index contributed by atoms with van der Waals surface area (Å²) in [5, 5.41) is 3.30. The molecule has 2 rings (SSSR count). The van der Waals surface area contributed by atoms with E-state index in [0.717, 1.165) is 31.9 Å². The highest BCUT2D eigenvalue weighted by Crippen LogP contribution is 2.11. The molecule has 0 radical (unpaired) electrons. The first kappa shape index (κ1) is 10.3. The smallest absolute Gasteiger partial charge is 0.316 e. The summed E-state index contributed by atoms with van der Waals surface area (Å²) < 4.78 is 17.9. The van der Waals surface area contributed by atoms with Gasteiger partial charge in [0.05, 0.1) is 19.0 Å². The lowest BCUT2D eigenvalue weighted by atomic mass is 10.0. The van der Waals surface area contributed by atoms with Gasteiger partial charge in [0.1, 0.15) is 0 Å².